The van der Waals surface area contributed by atoms with Crippen molar-refractivity contribution in [1.29, 1.82) is 0 Å². The number of carbonyl (C=O) groups is 2. The van der Waals surface area contributed by atoms with E-state index >= 15 is 0 Å². The van der Waals surface area contributed by atoms with Gasteiger partial charge in [0, 0.05) is 12.6 Å². The third-order valence-corrected chi connectivity index (χ3v) is 3.67. The first kappa shape index (κ1) is 15.4. The standard InChI is InChI=1S/C13H20N4O4/c18-7-6-17(10-4-2-1-3-5-10)13(21)11-8-16(15-14-11)9-12(19)20/h8,10,18H,1-7,9H2,(H,19,20). The second-order valence-electron chi connectivity index (χ2n) is 5.21. The molecule has 116 valence electrons. The molecule has 1 aromatic rings. The van der Waals surface area contributed by atoms with Gasteiger partial charge in [-0.15, -0.1) is 5.10 Å². The molecular weight excluding hydrogens is 276 g/mol. The van der Waals surface area contributed by atoms with Crippen LogP contribution in [0.5, 0.6) is 0 Å². The Bertz CT molecular complexity index is 496. The molecule has 1 amide bonds. The monoisotopic (exact) mass is 296 g/mol. The van der Waals surface area contributed by atoms with Crippen LogP contribution in [0.3, 0.4) is 0 Å². The molecular formula is C13H20N4O4. The molecule has 2 N–H and O–H groups in total. The minimum atomic E-state index is -1.04. The summed E-state index contributed by atoms with van der Waals surface area (Å²) in [6.07, 6.45) is 6.51. The first-order chi connectivity index (χ1) is 10.1. The molecule has 0 spiro atoms. The van der Waals surface area contributed by atoms with Crippen LogP contribution in [0.15, 0.2) is 6.20 Å². The molecule has 21 heavy (non-hydrogen) atoms. The van der Waals surface area contributed by atoms with Crippen LogP contribution in [0.25, 0.3) is 0 Å². The van der Waals surface area contributed by atoms with Crippen molar-refractivity contribution < 1.29 is 19.8 Å². The maximum Gasteiger partial charge on any atom is 0.325 e. The van der Waals surface area contributed by atoms with Gasteiger partial charge < -0.3 is 15.1 Å². The van der Waals surface area contributed by atoms with Crippen molar-refractivity contribution in [2.45, 2.75) is 44.7 Å². The second kappa shape index (κ2) is 7.16. The lowest BCUT2D eigenvalue weighted by Crippen LogP contribution is -2.43. The fourth-order valence-corrected chi connectivity index (χ4v) is 2.71. The molecule has 0 unspecified atom stereocenters. The number of aliphatic carboxylic acids is 1. The van der Waals surface area contributed by atoms with Crippen molar-refractivity contribution in [3.05, 3.63) is 11.9 Å². The number of hydrogen-bond acceptors (Lipinski definition) is 5. The molecule has 1 aliphatic carbocycles. The number of hydrogen-bond donors (Lipinski definition) is 2. The zero-order valence-corrected chi connectivity index (χ0v) is 11.8. The minimum absolute atomic E-state index is 0.106. The summed E-state index contributed by atoms with van der Waals surface area (Å²) < 4.78 is 1.12. The summed E-state index contributed by atoms with van der Waals surface area (Å²) in [5.74, 6) is -1.34. The summed E-state index contributed by atoms with van der Waals surface area (Å²) >= 11 is 0. The summed E-state index contributed by atoms with van der Waals surface area (Å²) in [4.78, 5) is 24.7. The molecule has 1 aliphatic rings. The molecule has 0 aromatic carbocycles. The third kappa shape index (κ3) is 4.01. The summed E-state index contributed by atoms with van der Waals surface area (Å²) in [5, 5.41) is 25.3. The zero-order chi connectivity index (χ0) is 15.2. The van der Waals surface area contributed by atoms with Gasteiger partial charge in [0.25, 0.3) is 5.91 Å². The van der Waals surface area contributed by atoms with Crippen LogP contribution in [0.4, 0.5) is 0 Å². The van der Waals surface area contributed by atoms with Crippen LogP contribution in [-0.4, -0.2) is 61.2 Å². The minimum Gasteiger partial charge on any atom is -0.480 e. The van der Waals surface area contributed by atoms with Gasteiger partial charge in [-0.25, -0.2) is 4.68 Å². The number of aromatic nitrogens is 3. The molecule has 8 heteroatoms. The van der Waals surface area contributed by atoms with Gasteiger partial charge in [0.15, 0.2) is 5.69 Å². The average Bonchev–Trinajstić information content (AvgIpc) is 2.92. The van der Waals surface area contributed by atoms with E-state index in [0.717, 1.165) is 30.4 Å². The van der Waals surface area contributed by atoms with Gasteiger partial charge in [0.05, 0.1) is 12.8 Å². The number of aliphatic hydroxyl groups excluding tert-OH is 1. The molecule has 2 rings (SSSR count). The fourth-order valence-electron chi connectivity index (χ4n) is 2.71. The molecule has 1 saturated carbocycles. The van der Waals surface area contributed by atoms with E-state index in [-0.39, 0.29) is 37.3 Å². The third-order valence-electron chi connectivity index (χ3n) is 3.67. The lowest BCUT2D eigenvalue weighted by Gasteiger charge is -2.33. The largest absolute Gasteiger partial charge is 0.480 e. The van der Waals surface area contributed by atoms with Gasteiger partial charge >= 0.3 is 5.97 Å². The molecule has 1 fully saturated rings. The normalized spacial score (nSPS) is 15.9. The van der Waals surface area contributed by atoms with Crippen LogP contribution in [0.2, 0.25) is 0 Å². The number of carboxylic acids is 1. The van der Waals surface area contributed by atoms with E-state index in [2.05, 4.69) is 10.3 Å². The number of carboxylic acid groups (broad SMARTS) is 1. The van der Waals surface area contributed by atoms with Gasteiger partial charge in [-0.1, -0.05) is 24.5 Å². The van der Waals surface area contributed by atoms with Crippen molar-refractivity contribution >= 4 is 11.9 Å². The molecule has 0 atom stereocenters. The van der Waals surface area contributed by atoms with E-state index in [0.29, 0.717) is 0 Å². The quantitative estimate of drug-likeness (QED) is 0.772. The number of aliphatic hydroxyl groups is 1. The first-order valence-corrected chi connectivity index (χ1v) is 7.15. The van der Waals surface area contributed by atoms with E-state index in [9.17, 15) is 14.7 Å². The lowest BCUT2D eigenvalue weighted by atomic mass is 9.94. The predicted octanol–water partition coefficient (Wildman–Crippen LogP) is 0.130. The van der Waals surface area contributed by atoms with Crippen LogP contribution in [0, 0.1) is 0 Å². The van der Waals surface area contributed by atoms with Gasteiger partial charge in [-0.05, 0) is 12.8 Å². The van der Waals surface area contributed by atoms with Crippen molar-refractivity contribution in [2.24, 2.45) is 0 Å². The Labute approximate surface area is 122 Å². The second-order valence-corrected chi connectivity index (χ2v) is 5.21. The smallest absolute Gasteiger partial charge is 0.325 e. The Morgan fingerprint density at radius 1 is 1.33 bits per heavy atom. The topological polar surface area (TPSA) is 109 Å². The molecule has 0 bridgehead atoms. The number of nitrogens with zero attached hydrogens (tertiary/aromatic N) is 4. The Morgan fingerprint density at radius 3 is 2.67 bits per heavy atom. The molecule has 1 aromatic heterocycles. The highest BCUT2D eigenvalue weighted by Crippen LogP contribution is 2.23. The van der Waals surface area contributed by atoms with Crippen molar-refractivity contribution in [3.63, 3.8) is 0 Å². The van der Waals surface area contributed by atoms with Crippen molar-refractivity contribution in [2.75, 3.05) is 13.2 Å². The average molecular weight is 296 g/mol. The molecule has 8 nitrogen and oxygen atoms in total. The van der Waals surface area contributed by atoms with E-state index in [4.69, 9.17) is 5.11 Å². The van der Waals surface area contributed by atoms with Crippen LogP contribution >= 0.6 is 0 Å². The van der Waals surface area contributed by atoms with E-state index < -0.39 is 5.97 Å². The van der Waals surface area contributed by atoms with E-state index in [1.54, 1.807) is 4.90 Å². The van der Waals surface area contributed by atoms with Crippen LogP contribution < -0.4 is 0 Å². The molecule has 1 heterocycles. The van der Waals surface area contributed by atoms with Gasteiger partial charge in [-0.2, -0.15) is 0 Å². The van der Waals surface area contributed by atoms with Crippen LogP contribution in [0.1, 0.15) is 42.6 Å². The summed E-state index contributed by atoms with van der Waals surface area (Å²) in [5.41, 5.74) is 0.121. The molecule has 0 radical (unpaired) electrons. The lowest BCUT2D eigenvalue weighted by molar-refractivity contribution is -0.137. The van der Waals surface area contributed by atoms with Crippen LogP contribution in [-0.2, 0) is 11.3 Å². The maximum atomic E-state index is 12.5. The first-order valence-electron chi connectivity index (χ1n) is 7.15. The number of rotatable bonds is 6. The van der Waals surface area contributed by atoms with Crippen molar-refractivity contribution in [3.8, 4) is 0 Å². The van der Waals surface area contributed by atoms with Gasteiger partial charge in [-0.3, -0.25) is 9.59 Å². The number of carbonyl (C=O) groups excluding carboxylic acids is 1. The predicted molar refractivity (Wildman–Crippen MR) is 72.7 cm³/mol. The maximum absolute atomic E-state index is 12.5. The highest BCUT2D eigenvalue weighted by Gasteiger charge is 2.27. The summed E-state index contributed by atoms with van der Waals surface area (Å²) in [7, 11) is 0. The molecule has 0 saturated heterocycles. The summed E-state index contributed by atoms with van der Waals surface area (Å²) in [6, 6.07) is 0.114. The SMILES string of the molecule is O=C(O)Cn1cc(C(=O)N(CCO)C2CCCCC2)nn1. The Hall–Kier alpha value is -1.96. The number of amides is 1. The highest BCUT2D eigenvalue weighted by atomic mass is 16.4. The fraction of sp³-hybridized carbons (Fsp3) is 0.692. The highest BCUT2D eigenvalue weighted by molar-refractivity contribution is 5.92. The summed E-state index contributed by atoms with van der Waals surface area (Å²) in [6.45, 7) is -0.176. The van der Waals surface area contributed by atoms with E-state index in [1.165, 1.54) is 12.6 Å². The van der Waals surface area contributed by atoms with Gasteiger partial charge in [0.1, 0.15) is 6.54 Å². The van der Waals surface area contributed by atoms with Gasteiger partial charge in [0.2, 0.25) is 0 Å². The van der Waals surface area contributed by atoms with E-state index in [1.807, 2.05) is 0 Å². The molecule has 0 aliphatic heterocycles. The Balaban J connectivity index is 2.09. The Morgan fingerprint density at radius 2 is 2.05 bits per heavy atom. The van der Waals surface area contributed by atoms with Crippen molar-refractivity contribution in [1.82, 2.24) is 19.9 Å². The zero-order valence-electron chi connectivity index (χ0n) is 11.8. The Kier molecular flexibility index (Phi) is 5.26.